The summed E-state index contributed by atoms with van der Waals surface area (Å²) in [6, 6.07) is 4.17. The monoisotopic (exact) mass is 263 g/mol. The van der Waals surface area contributed by atoms with E-state index in [1.54, 1.807) is 11.9 Å². The molecule has 0 spiro atoms. The molecule has 102 valence electrons. The summed E-state index contributed by atoms with van der Waals surface area (Å²) in [7, 11) is 1.72. The van der Waals surface area contributed by atoms with Crippen molar-refractivity contribution in [1.29, 1.82) is 0 Å². The van der Waals surface area contributed by atoms with Crippen LogP contribution in [0.25, 0.3) is 0 Å². The molecule has 0 radical (unpaired) electrons. The number of nitrogen functional groups attached to an aromatic ring is 1. The van der Waals surface area contributed by atoms with Crippen molar-refractivity contribution in [3.63, 3.8) is 0 Å². The minimum absolute atomic E-state index is 0.0695. The molecule has 2 atom stereocenters. The Kier molecular flexibility index (Phi) is 3.42. The zero-order valence-electron chi connectivity index (χ0n) is 11.0. The van der Waals surface area contributed by atoms with Gasteiger partial charge in [-0.1, -0.05) is 6.92 Å². The van der Waals surface area contributed by atoms with Crippen molar-refractivity contribution in [3.05, 3.63) is 33.9 Å². The summed E-state index contributed by atoms with van der Waals surface area (Å²) in [6.07, 6.45) is 1.14. The second kappa shape index (κ2) is 4.87. The van der Waals surface area contributed by atoms with Crippen molar-refractivity contribution >= 4 is 17.3 Å². The van der Waals surface area contributed by atoms with Crippen molar-refractivity contribution in [2.75, 3.05) is 19.3 Å². The quantitative estimate of drug-likeness (QED) is 0.510. The molecule has 19 heavy (non-hydrogen) atoms. The Hall–Kier alpha value is -2.11. The van der Waals surface area contributed by atoms with E-state index in [0.29, 0.717) is 23.9 Å². The second-order valence-corrected chi connectivity index (χ2v) is 5.19. The molecule has 6 nitrogen and oxygen atoms in total. The first-order chi connectivity index (χ1) is 8.90. The van der Waals surface area contributed by atoms with Crippen molar-refractivity contribution in [2.45, 2.75) is 13.3 Å². The highest BCUT2D eigenvalue weighted by Gasteiger charge is 2.34. The second-order valence-electron chi connectivity index (χ2n) is 5.19. The normalized spacial score (nSPS) is 20.9. The molecule has 0 heterocycles. The van der Waals surface area contributed by atoms with Crippen molar-refractivity contribution in [3.8, 4) is 0 Å². The van der Waals surface area contributed by atoms with Gasteiger partial charge in [-0.3, -0.25) is 14.9 Å². The first kappa shape index (κ1) is 13.3. The zero-order chi connectivity index (χ0) is 14.2. The first-order valence-corrected chi connectivity index (χ1v) is 6.19. The molecule has 2 rings (SSSR count). The Morgan fingerprint density at radius 1 is 1.58 bits per heavy atom. The van der Waals surface area contributed by atoms with Gasteiger partial charge in [-0.25, -0.2) is 0 Å². The molecule has 1 aliphatic carbocycles. The van der Waals surface area contributed by atoms with Gasteiger partial charge < -0.3 is 10.6 Å². The summed E-state index contributed by atoms with van der Waals surface area (Å²) in [5, 5.41) is 10.8. The summed E-state index contributed by atoms with van der Waals surface area (Å²) in [5.74, 6) is 1.01. The van der Waals surface area contributed by atoms with Gasteiger partial charge in [0.25, 0.3) is 11.6 Å². The van der Waals surface area contributed by atoms with Gasteiger partial charge in [0.05, 0.1) is 4.92 Å². The van der Waals surface area contributed by atoms with Crippen LogP contribution in [0.4, 0.5) is 11.4 Å². The number of nitrogens with two attached hydrogens (primary N) is 1. The molecule has 0 bridgehead atoms. The average molecular weight is 263 g/mol. The van der Waals surface area contributed by atoms with Crippen LogP contribution in [0.2, 0.25) is 0 Å². The Morgan fingerprint density at radius 3 is 2.74 bits per heavy atom. The van der Waals surface area contributed by atoms with Gasteiger partial charge in [-0.05, 0) is 30.4 Å². The van der Waals surface area contributed by atoms with Crippen LogP contribution >= 0.6 is 0 Å². The summed E-state index contributed by atoms with van der Waals surface area (Å²) in [5.41, 5.74) is 5.66. The fraction of sp³-hybridized carbons (Fsp3) is 0.462. The predicted molar refractivity (Wildman–Crippen MR) is 71.7 cm³/mol. The number of rotatable bonds is 4. The summed E-state index contributed by atoms with van der Waals surface area (Å²) in [4.78, 5) is 24.0. The van der Waals surface area contributed by atoms with E-state index in [1.165, 1.54) is 18.2 Å². The van der Waals surface area contributed by atoms with Gasteiger partial charge in [-0.2, -0.15) is 0 Å². The molecule has 6 heteroatoms. The van der Waals surface area contributed by atoms with Gasteiger partial charge in [-0.15, -0.1) is 0 Å². The average Bonchev–Trinajstić information content (AvgIpc) is 3.04. The minimum Gasteiger partial charge on any atom is -0.393 e. The van der Waals surface area contributed by atoms with Crippen LogP contribution < -0.4 is 5.73 Å². The maximum absolute atomic E-state index is 12.2. The molecule has 0 aromatic heterocycles. The molecule has 1 saturated carbocycles. The number of benzene rings is 1. The number of nitro benzene ring substituents is 1. The molecule has 0 saturated heterocycles. The number of amides is 1. The van der Waals surface area contributed by atoms with Gasteiger partial charge in [0.15, 0.2) is 0 Å². The smallest absolute Gasteiger partial charge is 0.292 e. The van der Waals surface area contributed by atoms with Gasteiger partial charge in [0, 0.05) is 25.2 Å². The van der Waals surface area contributed by atoms with E-state index in [-0.39, 0.29) is 17.3 Å². The number of hydrogen-bond donors (Lipinski definition) is 1. The number of anilines is 1. The lowest BCUT2D eigenvalue weighted by atomic mass is 10.1. The number of nitro groups is 1. The lowest BCUT2D eigenvalue weighted by Crippen LogP contribution is -2.29. The van der Waals surface area contributed by atoms with Crippen LogP contribution in [0.1, 0.15) is 23.7 Å². The van der Waals surface area contributed by atoms with E-state index >= 15 is 0 Å². The van der Waals surface area contributed by atoms with E-state index < -0.39 is 4.92 Å². The van der Waals surface area contributed by atoms with Crippen LogP contribution in [-0.4, -0.2) is 29.3 Å². The summed E-state index contributed by atoms with van der Waals surface area (Å²) >= 11 is 0. The molecular weight excluding hydrogens is 246 g/mol. The first-order valence-electron chi connectivity index (χ1n) is 6.19. The van der Waals surface area contributed by atoms with Crippen molar-refractivity contribution < 1.29 is 9.72 Å². The van der Waals surface area contributed by atoms with E-state index in [0.717, 1.165) is 6.42 Å². The van der Waals surface area contributed by atoms with Crippen LogP contribution in [0.15, 0.2) is 18.2 Å². The number of hydrogen-bond acceptors (Lipinski definition) is 4. The molecule has 1 aliphatic rings. The van der Waals surface area contributed by atoms with Crippen LogP contribution in [0, 0.1) is 22.0 Å². The zero-order valence-corrected chi connectivity index (χ0v) is 11.0. The standard InChI is InChI=1S/C13H17N3O3/c1-8-5-10(8)7-15(2)13(17)9-3-4-11(14)12(6-9)16(18)19/h3-4,6,8,10H,5,7,14H2,1-2H3. The number of nitrogens with zero attached hydrogens (tertiary/aromatic N) is 2. The van der Waals surface area contributed by atoms with Crippen LogP contribution in [-0.2, 0) is 0 Å². The van der Waals surface area contributed by atoms with Crippen molar-refractivity contribution in [1.82, 2.24) is 4.90 Å². The highest BCUT2D eigenvalue weighted by molar-refractivity contribution is 5.95. The Bertz CT molecular complexity index is 530. The number of carbonyl (C=O) groups excluding carboxylic acids is 1. The lowest BCUT2D eigenvalue weighted by molar-refractivity contribution is -0.383. The molecule has 1 amide bonds. The number of carbonyl (C=O) groups is 1. The lowest BCUT2D eigenvalue weighted by Gasteiger charge is -2.17. The third-order valence-electron chi connectivity index (χ3n) is 3.61. The maximum Gasteiger partial charge on any atom is 0.292 e. The van der Waals surface area contributed by atoms with Gasteiger partial charge in [0.2, 0.25) is 0 Å². The maximum atomic E-state index is 12.2. The predicted octanol–water partition coefficient (Wildman–Crippen LogP) is 1.91. The van der Waals surface area contributed by atoms with Crippen LogP contribution in [0.5, 0.6) is 0 Å². The third-order valence-corrected chi connectivity index (χ3v) is 3.61. The molecule has 2 N–H and O–H groups in total. The minimum atomic E-state index is -0.574. The van der Waals surface area contributed by atoms with E-state index in [4.69, 9.17) is 5.73 Å². The third kappa shape index (κ3) is 2.83. The SMILES string of the molecule is CC1CC1CN(C)C(=O)c1ccc(N)c([N+](=O)[O-])c1. The molecule has 2 unspecified atom stereocenters. The van der Waals surface area contributed by atoms with E-state index in [2.05, 4.69) is 6.92 Å². The molecule has 1 aromatic carbocycles. The summed E-state index contributed by atoms with van der Waals surface area (Å²) < 4.78 is 0. The largest absolute Gasteiger partial charge is 0.393 e. The molecule has 1 aromatic rings. The Labute approximate surface area is 111 Å². The van der Waals surface area contributed by atoms with Gasteiger partial charge >= 0.3 is 0 Å². The molecule has 0 aliphatic heterocycles. The molecular formula is C13H17N3O3. The Morgan fingerprint density at radius 2 is 2.21 bits per heavy atom. The fourth-order valence-corrected chi connectivity index (χ4v) is 2.14. The van der Waals surface area contributed by atoms with Crippen molar-refractivity contribution in [2.24, 2.45) is 11.8 Å². The van der Waals surface area contributed by atoms with E-state index in [9.17, 15) is 14.9 Å². The molecule has 1 fully saturated rings. The fourth-order valence-electron chi connectivity index (χ4n) is 2.14. The van der Waals surface area contributed by atoms with Gasteiger partial charge in [0.1, 0.15) is 5.69 Å². The Balaban J connectivity index is 2.14. The highest BCUT2D eigenvalue weighted by atomic mass is 16.6. The van der Waals surface area contributed by atoms with E-state index in [1.807, 2.05) is 0 Å². The summed E-state index contributed by atoms with van der Waals surface area (Å²) in [6.45, 7) is 2.84. The van der Waals surface area contributed by atoms with Crippen LogP contribution in [0.3, 0.4) is 0 Å². The topological polar surface area (TPSA) is 89.5 Å². The highest BCUT2D eigenvalue weighted by Crippen LogP contribution is 2.38.